The normalized spacial score (nSPS) is 18.2. The fraction of sp³-hybridized carbons (Fsp3) is 0.500. The molecule has 0 saturated heterocycles. The van der Waals surface area contributed by atoms with Gasteiger partial charge in [0.05, 0.1) is 0 Å². The lowest BCUT2D eigenvalue weighted by molar-refractivity contribution is 0.596. The third-order valence-electron chi connectivity index (χ3n) is 3.25. The SMILES string of the molecule is Cc1ccc(F)cc1C1(CCN)CC1. The molecule has 0 spiro atoms. The molecule has 0 amide bonds. The van der Waals surface area contributed by atoms with Crippen LogP contribution in [-0.2, 0) is 5.41 Å². The Morgan fingerprint density at radius 2 is 2.14 bits per heavy atom. The van der Waals surface area contributed by atoms with Crippen molar-refractivity contribution in [3.63, 3.8) is 0 Å². The summed E-state index contributed by atoms with van der Waals surface area (Å²) in [7, 11) is 0. The molecule has 1 aliphatic rings. The standard InChI is InChI=1S/C12H16FN/c1-9-2-3-10(13)8-11(9)12(4-5-12)6-7-14/h2-3,8H,4-7,14H2,1H3. The number of halogens is 1. The summed E-state index contributed by atoms with van der Waals surface area (Å²) in [5, 5.41) is 0. The minimum absolute atomic E-state index is 0.131. The molecule has 1 fully saturated rings. The number of rotatable bonds is 3. The molecule has 1 saturated carbocycles. The average molecular weight is 193 g/mol. The van der Waals surface area contributed by atoms with Gasteiger partial charge in [-0.25, -0.2) is 4.39 Å². The molecular weight excluding hydrogens is 177 g/mol. The predicted octanol–water partition coefficient (Wildman–Crippen LogP) is 2.51. The van der Waals surface area contributed by atoms with Gasteiger partial charge in [0.2, 0.25) is 0 Å². The van der Waals surface area contributed by atoms with Crippen LogP contribution < -0.4 is 5.73 Å². The van der Waals surface area contributed by atoms with Crippen molar-refractivity contribution >= 4 is 0 Å². The summed E-state index contributed by atoms with van der Waals surface area (Å²) in [4.78, 5) is 0. The maximum absolute atomic E-state index is 13.1. The van der Waals surface area contributed by atoms with Crippen molar-refractivity contribution in [2.75, 3.05) is 6.54 Å². The molecule has 0 heterocycles. The molecule has 1 nitrogen and oxygen atoms in total. The molecule has 0 aromatic heterocycles. The summed E-state index contributed by atoms with van der Waals surface area (Å²) in [6.07, 6.45) is 3.31. The highest BCUT2D eigenvalue weighted by Crippen LogP contribution is 2.51. The first-order valence-electron chi connectivity index (χ1n) is 5.15. The smallest absolute Gasteiger partial charge is 0.123 e. The number of hydrogen-bond acceptors (Lipinski definition) is 1. The highest BCUT2D eigenvalue weighted by Gasteiger charge is 2.44. The van der Waals surface area contributed by atoms with E-state index in [0.717, 1.165) is 19.3 Å². The van der Waals surface area contributed by atoms with Gasteiger partial charge < -0.3 is 5.73 Å². The van der Waals surface area contributed by atoms with Crippen LogP contribution in [0.3, 0.4) is 0 Å². The monoisotopic (exact) mass is 193 g/mol. The number of benzene rings is 1. The van der Waals surface area contributed by atoms with Crippen molar-refractivity contribution in [1.82, 2.24) is 0 Å². The van der Waals surface area contributed by atoms with E-state index in [4.69, 9.17) is 5.73 Å². The molecule has 0 unspecified atom stereocenters. The molecule has 0 atom stereocenters. The van der Waals surface area contributed by atoms with Crippen molar-refractivity contribution < 1.29 is 4.39 Å². The topological polar surface area (TPSA) is 26.0 Å². The lowest BCUT2D eigenvalue weighted by Gasteiger charge is -2.17. The molecule has 0 aliphatic heterocycles. The Bertz CT molecular complexity index is 342. The van der Waals surface area contributed by atoms with Crippen LogP contribution in [0.25, 0.3) is 0 Å². The second-order valence-electron chi connectivity index (χ2n) is 4.28. The van der Waals surface area contributed by atoms with Gasteiger partial charge in [-0.05, 0) is 61.4 Å². The zero-order valence-corrected chi connectivity index (χ0v) is 8.52. The minimum atomic E-state index is -0.131. The summed E-state index contributed by atoms with van der Waals surface area (Å²) in [6, 6.07) is 5.07. The van der Waals surface area contributed by atoms with Gasteiger partial charge in [-0.3, -0.25) is 0 Å². The molecule has 1 aromatic carbocycles. The summed E-state index contributed by atoms with van der Waals surface area (Å²) in [5.41, 5.74) is 8.16. The molecule has 14 heavy (non-hydrogen) atoms. The Labute approximate surface area is 84.1 Å². The van der Waals surface area contributed by atoms with Gasteiger partial charge in [0, 0.05) is 0 Å². The van der Waals surface area contributed by atoms with E-state index in [9.17, 15) is 4.39 Å². The fourth-order valence-electron chi connectivity index (χ4n) is 2.25. The molecule has 0 radical (unpaired) electrons. The number of hydrogen-bond donors (Lipinski definition) is 1. The van der Waals surface area contributed by atoms with Gasteiger partial charge in [-0.1, -0.05) is 6.07 Å². The van der Waals surface area contributed by atoms with Crippen molar-refractivity contribution in [3.05, 3.63) is 35.1 Å². The molecule has 2 heteroatoms. The van der Waals surface area contributed by atoms with Crippen LogP contribution in [0.2, 0.25) is 0 Å². The lowest BCUT2D eigenvalue weighted by atomic mass is 9.89. The third kappa shape index (κ3) is 1.55. The molecule has 2 rings (SSSR count). The van der Waals surface area contributed by atoms with Crippen LogP contribution in [0.1, 0.15) is 30.4 Å². The van der Waals surface area contributed by atoms with Gasteiger partial charge in [0.1, 0.15) is 5.82 Å². The van der Waals surface area contributed by atoms with Gasteiger partial charge in [-0.2, -0.15) is 0 Å². The van der Waals surface area contributed by atoms with Gasteiger partial charge in [0.15, 0.2) is 0 Å². The van der Waals surface area contributed by atoms with Gasteiger partial charge >= 0.3 is 0 Å². The molecule has 2 N–H and O–H groups in total. The fourth-order valence-corrected chi connectivity index (χ4v) is 2.25. The molecular formula is C12H16FN. The van der Waals surface area contributed by atoms with Gasteiger partial charge in [0.25, 0.3) is 0 Å². The zero-order chi connectivity index (χ0) is 10.2. The van der Waals surface area contributed by atoms with Crippen LogP contribution in [0, 0.1) is 12.7 Å². The van der Waals surface area contributed by atoms with E-state index >= 15 is 0 Å². The number of nitrogens with two attached hydrogens (primary N) is 1. The zero-order valence-electron chi connectivity index (χ0n) is 8.52. The molecule has 0 bridgehead atoms. The average Bonchev–Trinajstić information content (AvgIpc) is 2.91. The molecule has 1 aliphatic carbocycles. The largest absolute Gasteiger partial charge is 0.330 e. The Morgan fingerprint density at radius 3 is 2.71 bits per heavy atom. The Morgan fingerprint density at radius 1 is 1.43 bits per heavy atom. The van der Waals surface area contributed by atoms with Crippen molar-refractivity contribution in [3.8, 4) is 0 Å². The molecule has 1 aromatic rings. The second kappa shape index (κ2) is 3.35. The van der Waals surface area contributed by atoms with Crippen molar-refractivity contribution in [2.45, 2.75) is 31.6 Å². The van der Waals surface area contributed by atoms with E-state index in [1.807, 2.05) is 13.0 Å². The van der Waals surface area contributed by atoms with Crippen molar-refractivity contribution in [1.29, 1.82) is 0 Å². The number of aryl methyl sites for hydroxylation is 1. The third-order valence-corrected chi connectivity index (χ3v) is 3.25. The lowest BCUT2D eigenvalue weighted by Crippen LogP contribution is -2.14. The van der Waals surface area contributed by atoms with E-state index < -0.39 is 0 Å². The summed E-state index contributed by atoms with van der Waals surface area (Å²) in [5.74, 6) is -0.131. The maximum atomic E-state index is 13.1. The highest BCUT2D eigenvalue weighted by molar-refractivity contribution is 5.38. The first kappa shape index (κ1) is 9.66. The quantitative estimate of drug-likeness (QED) is 0.784. The first-order chi connectivity index (χ1) is 6.68. The predicted molar refractivity (Wildman–Crippen MR) is 55.7 cm³/mol. The van der Waals surface area contributed by atoms with E-state index in [1.54, 1.807) is 6.07 Å². The van der Waals surface area contributed by atoms with Crippen molar-refractivity contribution in [2.24, 2.45) is 5.73 Å². The minimum Gasteiger partial charge on any atom is -0.330 e. The summed E-state index contributed by atoms with van der Waals surface area (Å²) in [6.45, 7) is 2.74. The van der Waals surface area contributed by atoms with Crippen LogP contribution in [0.15, 0.2) is 18.2 Å². The first-order valence-corrected chi connectivity index (χ1v) is 5.15. The summed E-state index contributed by atoms with van der Waals surface area (Å²) < 4.78 is 13.1. The van der Waals surface area contributed by atoms with Crippen LogP contribution >= 0.6 is 0 Å². The maximum Gasteiger partial charge on any atom is 0.123 e. The molecule has 76 valence electrons. The Kier molecular flexibility index (Phi) is 2.31. The summed E-state index contributed by atoms with van der Waals surface area (Å²) >= 11 is 0. The Hall–Kier alpha value is -0.890. The van der Waals surface area contributed by atoms with E-state index in [1.165, 1.54) is 17.2 Å². The van der Waals surface area contributed by atoms with E-state index in [-0.39, 0.29) is 11.2 Å². The van der Waals surface area contributed by atoms with E-state index in [0.29, 0.717) is 6.54 Å². The Balaban J connectivity index is 2.35. The van der Waals surface area contributed by atoms with Gasteiger partial charge in [-0.15, -0.1) is 0 Å². The van der Waals surface area contributed by atoms with Crippen LogP contribution in [0.4, 0.5) is 4.39 Å². The second-order valence-corrected chi connectivity index (χ2v) is 4.28. The van der Waals surface area contributed by atoms with E-state index in [2.05, 4.69) is 0 Å². The van der Waals surface area contributed by atoms with Crippen LogP contribution in [0.5, 0.6) is 0 Å². The highest BCUT2D eigenvalue weighted by atomic mass is 19.1. The van der Waals surface area contributed by atoms with Crippen LogP contribution in [-0.4, -0.2) is 6.54 Å².